The van der Waals surface area contributed by atoms with Crippen LogP contribution in [0.2, 0.25) is 0 Å². The second-order valence-electron chi connectivity index (χ2n) is 5.45. The van der Waals surface area contributed by atoms with Gasteiger partial charge in [-0.25, -0.2) is 4.39 Å². The molecule has 4 heteroatoms. The molecule has 2 nitrogen and oxygen atoms in total. The van der Waals surface area contributed by atoms with Crippen LogP contribution >= 0.6 is 9.24 Å². The van der Waals surface area contributed by atoms with Crippen LogP contribution in [-0.2, 0) is 17.4 Å². The van der Waals surface area contributed by atoms with Crippen LogP contribution in [0.4, 0.5) is 4.39 Å². The largest absolute Gasteiger partial charge is 0.309 e. The minimum atomic E-state index is -1.43. The first-order valence-corrected chi connectivity index (χ1v) is 6.07. The Morgan fingerprint density at radius 1 is 1.50 bits per heavy atom. The van der Waals surface area contributed by atoms with Crippen LogP contribution < -0.4 is 5.32 Å². The van der Waals surface area contributed by atoms with Crippen molar-refractivity contribution in [3.05, 3.63) is 29.1 Å². The Bertz CT molecular complexity index is 410. The molecule has 2 heterocycles. The molecule has 2 rings (SSSR count). The Morgan fingerprint density at radius 2 is 2.19 bits per heavy atom. The number of halogens is 1. The summed E-state index contributed by atoms with van der Waals surface area (Å²) in [7, 11) is 2.25. The molecule has 0 aromatic carbocycles. The van der Waals surface area contributed by atoms with E-state index >= 15 is 0 Å². The summed E-state index contributed by atoms with van der Waals surface area (Å²) in [4.78, 5) is 4.30. The van der Waals surface area contributed by atoms with E-state index in [0.717, 1.165) is 11.1 Å². The van der Waals surface area contributed by atoms with Crippen LogP contribution in [0.3, 0.4) is 0 Å². The molecule has 0 saturated carbocycles. The normalized spacial score (nSPS) is 25.3. The van der Waals surface area contributed by atoms with Crippen LogP contribution in [0.1, 0.15) is 37.6 Å². The van der Waals surface area contributed by atoms with E-state index in [4.69, 9.17) is 0 Å². The third kappa shape index (κ3) is 2.11. The number of aromatic nitrogens is 1. The van der Waals surface area contributed by atoms with Gasteiger partial charge in [0.25, 0.3) is 0 Å². The zero-order chi connectivity index (χ0) is 12.0. The van der Waals surface area contributed by atoms with Crippen LogP contribution in [-0.4, -0.2) is 11.5 Å². The maximum atomic E-state index is 14.1. The van der Waals surface area contributed by atoms with Crippen molar-refractivity contribution in [3.63, 3.8) is 0 Å². The van der Waals surface area contributed by atoms with E-state index in [9.17, 15) is 4.39 Å². The highest BCUT2D eigenvalue weighted by atomic mass is 31.0. The molecule has 1 N–H and O–H groups in total. The molecule has 16 heavy (non-hydrogen) atoms. The third-order valence-electron chi connectivity index (χ3n) is 2.92. The SMILES string of the molecule is CC(C)(C)c1cnc2c(c1)CNCC2(F)P. The molecule has 1 aliphatic rings. The van der Waals surface area contributed by atoms with E-state index in [-0.39, 0.29) is 5.41 Å². The van der Waals surface area contributed by atoms with Gasteiger partial charge in [-0.15, -0.1) is 0 Å². The van der Waals surface area contributed by atoms with Crippen LogP contribution in [0, 0.1) is 0 Å². The van der Waals surface area contributed by atoms with Crippen molar-refractivity contribution in [2.75, 3.05) is 6.54 Å². The Hall–Kier alpha value is -0.530. The van der Waals surface area contributed by atoms with Crippen LogP contribution in [0.5, 0.6) is 0 Å². The fourth-order valence-electron chi connectivity index (χ4n) is 1.89. The number of nitrogens with one attached hydrogen (secondary N) is 1. The van der Waals surface area contributed by atoms with Crippen molar-refractivity contribution in [2.45, 2.75) is 38.1 Å². The number of hydrogen-bond donors (Lipinski definition) is 1. The van der Waals surface area contributed by atoms with Gasteiger partial charge in [-0.05, 0) is 16.5 Å². The molecule has 2 atom stereocenters. The fraction of sp³-hybridized carbons (Fsp3) is 0.583. The number of rotatable bonds is 0. The topological polar surface area (TPSA) is 24.9 Å². The number of hydrogen-bond acceptors (Lipinski definition) is 2. The van der Waals surface area contributed by atoms with E-state index in [1.807, 2.05) is 0 Å². The molecule has 1 aromatic rings. The minimum absolute atomic E-state index is 0.0549. The molecule has 0 spiro atoms. The van der Waals surface area contributed by atoms with Crippen molar-refractivity contribution in [2.24, 2.45) is 0 Å². The molecule has 0 saturated heterocycles. The summed E-state index contributed by atoms with van der Waals surface area (Å²) < 4.78 is 14.1. The van der Waals surface area contributed by atoms with Crippen molar-refractivity contribution in [1.29, 1.82) is 0 Å². The van der Waals surface area contributed by atoms with Gasteiger partial charge in [0.05, 0.1) is 5.69 Å². The average Bonchev–Trinajstić information content (AvgIpc) is 2.15. The number of fused-ring (bicyclic) bond motifs is 1. The molecule has 0 radical (unpaired) electrons. The zero-order valence-corrected chi connectivity index (χ0v) is 11.1. The van der Waals surface area contributed by atoms with Gasteiger partial charge >= 0.3 is 0 Å². The highest BCUT2D eigenvalue weighted by molar-refractivity contribution is 7.18. The summed E-state index contributed by atoms with van der Waals surface area (Å²) in [6.45, 7) is 7.42. The van der Waals surface area contributed by atoms with Gasteiger partial charge in [-0.2, -0.15) is 0 Å². The van der Waals surface area contributed by atoms with E-state index in [1.165, 1.54) is 0 Å². The Labute approximate surface area is 98.2 Å². The molecule has 1 aromatic heterocycles. The highest BCUT2D eigenvalue weighted by Crippen LogP contribution is 2.37. The van der Waals surface area contributed by atoms with Crippen LogP contribution in [0.15, 0.2) is 12.3 Å². The smallest absolute Gasteiger partial charge is 0.177 e. The second-order valence-corrected chi connectivity index (χ2v) is 6.36. The van der Waals surface area contributed by atoms with Gasteiger partial charge in [-0.3, -0.25) is 4.98 Å². The quantitative estimate of drug-likeness (QED) is 0.705. The first-order chi connectivity index (χ1) is 7.31. The number of pyridine rings is 1. The Kier molecular flexibility index (Phi) is 2.80. The average molecular weight is 240 g/mol. The molecule has 0 aliphatic carbocycles. The molecule has 1 aliphatic heterocycles. The summed E-state index contributed by atoms with van der Waals surface area (Å²) >= 11 is 0. The van der Waals surface area contributed by atoms with Crippen molar-refractivity contribution in [3.8, 4) is 0 Å². The maximum Gasteiger partial charge on any atom is 0.177 e. The molecular weight excluding hydrogens is 222 g/mol. The number of nitrogens with zero attached hydrogens (tertiary/aromatic N) is 1. The van der Waals surface area contributed by atoms with Gasteiger partial charge in [0.15, 0.2) is 5.41 Å². The molecular formula is C12H18FN2P. The van der Waals surface area contributed by atoms with Crippen molar-refractivity contribution in [1.82, 2.24) is 10.3 Å². The van der Waals surface area contributed by atoms with Crippen LogP contribution in [0.25, 0.3) is 0 Å². The number of alkyl halides is 1. The third-order valence-corrected chi connectivity index (χ3v) is 3.40. The van der Waals surface area contributed by atoms with Gasteiger partial charge in [-0.1, -0.05) is 36.1 Å². The van der Waals surface area contributed by atoms with E-state index in [1.54, 1.807) is 6.20 Å². The Morgan fingerprint density at radius 3 is 2.81 bits per heavy atom. The van der Waals surface area contributed by atoms with Gasteiger partial charge in [0, 0.05) is 19.3 Å². The lowest BCUT2D eigenvalue weighted by atomic mass is 9.86. The van der Waals surface area contributed by atoms with E-state index in [2.05, 4.69) is 46.4 Å². The lowest BCUT2D eigenvalue weighted by Crippen LogP contribution is -2.36. The molecule has 2 unspecified atom stereocenters. The van der Waals surface area contributed by atoms with E-state index < -0.39 is 5.41 Å². The van der Waals surface area contributed by atoms with Gasteiger partial charge < -0.3 is 5.32 Å². The lowest BCUT2D eigenvalue weighted by Gasteiger charge is -2.30. The maximum absolute atomic E-state index is 14.1. The summed E-state index contributed by atoms with van der Waals surface area (Å²) in [6, 6.07) is 2.06. The lowest BCUT2D eigenvalue weighted by molar-refractivity contribution is 0.256. The molecule has 88 valence electrons. The second kappa shape index (κ2) is 3.75. The minimum Gasteiger partial charge on any atom is -0.309 e. The molecule has 0 bridgehead atoms. The predicted octanol–water partition coefficient (Wildman–Crippen LogP) is 2.48. The summed E-state index contributed by atoms with van der Waals surface area (Å²) in [5, 5.41) is 1.65. The molecule has 0 amide bonds. The highest BCUT2D eigenvalue weighted by Gasteiger charge is 2.34. The fourth-order valence-corrected chi connectivity index (χ4v) is 2.30. The van der Waals surface area contributed by atoms with E-state index in [0.29, 0.717) is 18.8 Å². The monoisotopic (exact) mass is 240 g/mol. The molecule has 0 fully saturated rings. The summed E-state index contributed by atoms with van der Waals surface area (Å²) in [5.74, 6) is 0. The van der Waals surface area contributed by atoms with Gasteiger partial charge in [0.2, 0.25) is 0 Å². The predicted molar refractivity (Wildman–Crippen MR) is 67.1 cm³/mol. The first kappa shape index (κ1) is 11.9. The first-order valence-electron chi connectivity index (χ1n) is 5.49. The van der Waals surface area contributed by atoms with Crippen molar-refractivity contribution >= 4 is 9.24 Å². The summed E-state index contributed by atoms with van der Waals surface area (Å²) in [6.07, 6.45) is 1.79. The zero-order valence-electron chi connectivity index (χ0n) is 9.97. The van der Waals surface area contributed by atoms with Crippen molar-refractivity contribution < 1.29 is 4.39 Å². The van der Waals surface area contributed by atoms with Gasteiger partial charge in [0.1, 0.15) is 0 Å². The summed E-state index contributed by atoms with van der Waals surface area (Å²) in [5.41, 5.74) is 2.73. The Balaban J connectivity index is 2.48. The standard InChI is InChI=1S/C12H18FN2P/c1-11(2,3)9-4-8-5-14-7-12(13,16)10(8)15-6-9/h4,6,14H,5,7,16H2,1-3H3.